The number of amides is 3. The van der Waals surface area contributed by atoms with Gasteiger partial charge >= 0.3 is 18.0 Å². The summed E-state index contributed by atoms with van der Waals surface area (Å²) in [7, 11) is 1.58. The van der Waals surface area contributed by atoms with Crippen LogP contribution >= 0.6 is 0 Å². The molecule has 1 aromatic rings. The predicted molar refractivity (Wildman–Crippen MR) is 106 cm³/mol. The zero-order valence-electron chi connectivity index (χ0n) is 16.9. The largest absolute Gasteiger partial charge is 0.497 e. The number of rotatable bonds is 8. The molecular formula is C20H24N4O6. The number of amidine groups is 1. The van der Waals surface area contributed by atoms with Gasteiger partial charge < -0.3 is 24.4 Å². The van der Waals surface area contributed by atoms with E-state index in [2.05, 4.69) is 10.3 Å². The SMILES string of the molecule is CCOC(=O)CCNC(=O)C1=COC2=NC(=O)N(Cc3cccc(OC)c3)CCN12. The van der Waals surface area contributed by atoms with Gasteiger partial charge in [-0.05, 0) is 24.6 Å². The minimum atomic E-state index is -0.451. The number of nitrogens with one attached hydrogen (secondary N) is 1. The van der Waals surface area contributed by atoms with E-state index < -0.39 is 11.9 Å². The van der Waals surface area contributed by atoms with Gasteiger partial charge in [-0.2, -0.15) is 0 Å². The minimum Gasteiger partial charge on any atom is -0.497 e. The molecule has 160 valence electrons. The van der Waals surface area contributed by atoms with Gasteiger partial charge in [0.25, 0.3) is 5.91 Å². The van der Waals surface area contributed by atoms with E-state index in [0.29, 0.717) is 32.0 Å². The van der Waals surface area contributed by atoms with Crippen LogP contribution in [-0.2, 0) is 25.6 Å². The summed E-state index contributed by atoms with van der Waals surface area (Å²) >= 11 is 0. The highest BCUT2D eigenvalue weighted by Crippen LogP contribution is 2.21. The number of carbonyl (C=O) groups excluding carboxylic acids is 3. The van der Waals surface area contributed by atoms with Crippen LogP contribution in [0.4, 0.5) is 4.79 Å². The van der Waals surface area contributed by atoms with Gasteiger partial charge in [-0.3, -0.25) is 14.5 Å². The molecule has 0 atom stereocenters. The standard InChI is InChI=1S/C20H24N4O6/c1-3-29-17(25)7-8-21-18(26)16-13-30-20-22-19(27)23(9-10-24(16)20)12-14-5-4-6-15(11-14)28-2/h4-6,11,13H,3,7-10,12H2,1-2H3,(H,21,26). The van der Waals surface area contributed by atoms with Crippen LogP contribution in [0, 0.1) is 0 Å². The van der Waals surface area contributed by atoms with Gasteiger partial charge in [0.1, 0.15) is 17.7 Å². The highest BCUT2D eigenvalue weighted by Gasteiger charge is 2.33. The first kappa shape index (κ1) is 21.2. The molecule has 2 aliphatic heterocycles. The average molecular weight is 416 g/mol. The van der Waals surface area contributed by atoms with E-state index >= 15 is 0 Å². The molecule has 1 aromatic carbocycles. The van der Waals surface area contributed by atoms with Crippen LogP contribution in [0.25, 0.3) is 0 Å². The van der Waals surface area contributed by atoms with Crippen molar-refractivity contribution in [3.8, 4) is 5.75 Å². The Labute approximate surface area is 174 Å². The van der Waals surface area contributed by atoms with E-state index in [1.165, 1.54) is 6.26 Å². The van der Waals surface area contributed by atoms with E-state index in [0.717, 1.165) is 5.56 Å². The number of methoxy groups -OCH3 is 1. The fourth-order valence-corrected chi connectivity index (χ4v) is 3.03. The third-order valence-corrected chi connectivity index (χ3v) is 4.51. The maximum Gasteiger partial charge on any atom is 0.348 e. The zero-order valence-corrected chi connectivity index (χ0v) is 16.9. The number of hydrogen-bond donors (Lipinski definition) is 1. The number of urea groups is 1. The molecule has 0 fully saturated rings. The molecule has 0 spiro atoms. The van der Waals surface area contributed by atoms with Gasteiger partial charge in [-0.15, -0.1) is 4.99 Å². The molecule has 30 heavy (non-hydrogen) atoms. The lowest BCUT2D eigenvalue weighted by atomic mass is 10.2. The number of aliphatic imine (C=N–C) groups is 1. The number of hydrogen-bond acceptors (Lipinski definition) is 7. The molecule has 0 aliphatic carbocycles. The van der Waals surface area contributed by atoms with Gasteiger partial charge in [0.15, 0.2) is 0 Å². The predicted octanol–water partition coefficient (Wildman–Crippen LogP) is 1.23. The smallest absolute Gasteiger partial charge is 0.348 e. The molecule has 0 radical (unpaired) electrons. The van der Waals surface area contributed by atoms with Crippen molar-refractivity contribution in [2.24, 2.45) is 4.99 Å². The highest BCUT2D eigenvalue weighted by atomic mass is 16.5. The Bertz CT molecular complexity index is 882. The second kappa shape index (κ2) is 9.77. The summed E-state index contributed by atoms with van der Waals surface area (Å²) < 4.78 is 15.4. The fourth-order valence-electron chi connectivity index (χ4n) is 3.03. The Morgan fingerprint density at radius 2 is 2.13 bits per heavy atom. The molecule has 10 heteroatoms. The Morgan fingerprint density at radius 3 is 2.90 bits per heavy atom. The molecule has 2 heterocycles. The average Bonchev–Trinajstić information content (AvgIpc) is 3.06. The van der Waals surface area contributed by atoms with Crippen molar-refractivity contribution in [1.82, 2.24) is 15.1 Å². The lowest BCUT2D eigenvalue weighted by molar-refractivity contribution is -0.143. The maximum absolute atomic E-state index is 12.5. The van der Waals surface area contributed by atoms with E-state index in [1.54, 1.807) is 23.8 Å². The Hall–Kier alpha value is -3.56. The summed E-state index contributed by atoms with van der Waals surface area (Å²) in [6.07, 6.45) is 1.32. The van der Waals surface area contributed by atoms with Gasteiger partial charge in [0.05, 0.1) is 20.1 Å². The number of benzene rings is 1. The van der Waals surface area contributed by atoms with E-state index in [-0.39, 0.29) is 30.7 Å². The number of carbonyl (C=O) groups is 3. The van der Waals surface area contributed by atoms with Gasteiger partial charge in [0, 0.05) is 26.2 Å². The quantitative estimate of drug-likeness (QED) is 0.635. The van der Waals surface area contributed by atoms with Crippen LogP contribution in [-0.4, -0.2) is 67.1 Å². The van der Waals surface area contributed by atoms with Crippen LogP contribution in [0.1, 0.15) is 18.9 Å². The molecule has 10 nitrogen and oxygen atoms in total. The molecular weight excluding hydrogens is 392 g/mol. The summed E-state index contributed by atoms with van der Waals surface area (Å²) in [6, 6.07) is 7.04. The lowest BCUT2D eigenvalue weighted by Gasteiger charge is -2.21. The third-order valence-electron chi connectivity index (χ3n) is 4.51. The number of esters is 1. The molecule has 0 unspecified atom stereocenters. The number of nitrogens with zero attached hydrogens (tertiary/aromatic N) is 3. The van der Waals surface area contributed by atoms with Crippen molar-refractivity contribution in [3.05, 3.63) is 41.8 Å². The molecule has 0 saturated carbocycles. The maximum atomic E-state index is 12.5. The molecule has 0 saturated heterocycles. The van der Waals surface area contributed by atoms with Crippen molar-refractivity contribution in [2.45, 2.75) is 19.9 Å². The summed E-state index contributed by atoms with van der Waals surface area (Å²) in [5.41, 5.74) is 1.13. The van der Waals surface area contributed by atoms with Crippen molar-refractivity contribution in [2.75, 3.05) is 33.4 Å². The summed E-state index contributed by atoms with van der Waals surface area (Å²) in [5, 5.41) is 2.65. The first-order valence-corrected chi connectivity index (χ1v) is 9.60. The Kier molecular flexibility index (Phi) is 6.89. The monoisotopic (exact) mass is 416 g/mol. The second-order valence-corrected chi connectivity index (χ2v) is 6.53. The fraction of sp³-hybridized carbons (Fsp3) is 0.400. The second-order valence-electron chi connectivity index (χ2n) is 6.53. The van der Waals surface area contributed by atoms with Crippen LogP contribution in [0.15, 0.2) is 41.2 Å². The summed E-state index contributed by atoms with van der Waals surface area (Å²) in [6.45, 7) is 3.18. The van der Waals surface area contributed by atoms with Crippen LogP contribution < -0.4 is 10.1 Å². The van der Waals surface area contributed by atoms with Gasteiger partial charge in [-0.1, -0.05) is 12.1 Å². The van der Waals surface area contributed by atoms with Gasteiger partial charge in [0.2, 0.25) is 0 Å². The first-order valence-electron chi connectivity index (χ1n) is 9.60. The Balaban J connectivity index is 1.59. The number of ether oxygens (including phenoxy) is 3. The minimum absolute atomic E-state index is 0.0590. The van der Waals surface area contributed by atoms with Crippen LogP contribution in [0.3, 0.4) is 0 Å². The van der Waals surface area contributed by atoms with Crippen LogP contribution in [0.5, 0.6) is 5.75 Å². The lowest BCUT2D eigenvalue weighted by Crippen LogP contribution is -2.38. The van der Waals surface area contributed by atoms with Gasteiger partial charge in [-0.25, -0.2) is 4.79 Å². The van der Waals surface area contributed by atoms with E-state index in [4.69, 9.17) is 14.2 Å². The van der Waals surface area contributed by atoms with Crippen molar-refractivity contribution < 1.29 is 28.6 Å². The normalized spacial score (nSPS) is 15.5. The third kappa shape index (κ3) is 5.07. The zero-order chi connectivity index (χ0) is 21.5. The Morgan fingerprint density at radius 1 is 1.30 bits per heavy atom. The molecule has 1 N–H and O–H groups in total. The molecule has 3 rings (SSSR count). The first-order chi connectivity index (χ1) is 14.5. The van der Waals surface area contributed by atoms with Crippen molar-refractivity contribution in [1.29, 1.82) is 0 Å². The van der Waals surface area contributed by atoms with Crippen LogP contribution in [0.2, 0.25) is 0 Å². The summed E-state index contributed by atoms with van der Waals surface area (Å²) in [4.78, 5) is 43.5. The molecule has 3 amide bonds. The molecule has 0 aromatic heterocycles. The number of fused-ring (bicyclic) bond motifs is 1. The molecule has 2 aliphatic rings. The topological polar surface area (TPSA) is 110 Å². The van der Waals surface area contributed by atoms with E-state index in [9.17, 15) is 14.4 Å². The summed E-state index contributed by atoms with van der Waals surface area (Å²) in [5.74, 6) is -0.0989. The van der Waals surface area contributed by atoms with E-state index in [1.807, 2.05) is 24.3 Å². The van der Waals surface area contributed by atoms with Crippen molar-refractivity contribution in [3.63, 3.8) is 0 Å². The highest BCUT2D eigenvalue weighted by molar-refractivity contribution is 6.01. The molecule has 0 bridgehead atoms. The van der Waals surface area contributed by atoms with Crippen molar-refractivity contribution >= 4 is 23.9 Å².